The highest BCUT2D eigenvalue weighted by atomic mass is 32.2. The van der Waals surface area contributed by atoms with Crippen LogP contribution in [0.5, 0.6) is 5.75 Å². The van der Waals surface area contributed by atoms with Crippen LogP contribution in [-0.4, -0.2) is 71.0 Å². The smallest absolute Gasteiger partial charge is 0.393 e. The normalized spacial score (nSPS) is 21.5. The molecule has 8 nitrogen and oxygen atoms in total. The number of anilines is 2. The summed E-state index contributed by atoms with van der Waals surface area (Å²) in [5.41, 5.74) is 1.31. The number of hydrogen-bond acceptors (Lipinski definition) is 8. The van der Waals surface area contributed by atoms with Gasteiger partial charge in [-0.2, -0.15) is 22.0 Å². The average molecular weight is 713 g/mol. The second-order valence-electron chi connectivity index (χ2n) is 12.8. The van der Waals surface area contributed by atoms with Gasteiger partial charge in [0.2, 0.25) is 10.0 Å². The zero-order valence-electron chi connectivity index (χ0n) is 26.0. The van der Waals surface area contributed by atoms with E-state index >= 15 is 0 Å². The van der Waals surface area contributed by atoms with E-state index in [9.17, 15) is 30.4 Å². The molecule has 15 heteroatoms. The quantitative estimate of drug-likeness (QED) is 0.171. The van der Waals surface area contributed by atoms with Gasteiger partial charge < -0.3 is 20.1 Å². The number of hydrogen-bond donors (Lipinski definition) is 3. The molecule has 2 saturated heterocycles. The number of thiophene rings is 1. The van der Waals surface area contributed by atoms with Gasteiger partial charge in [0.25, 0.3) is 0 Å². The van der Waals surface area contributed by atoms with Crippen LogP contribution in [0, 0.1) is 17.3 Å². The molecule has 0 radical (unpaired) electrons. The Morgan fingerprint density at radius 1 is 1.08 bits per heavy atom. The van der Waals surface area contributed by atoms with Gasteiger partial charge in [0.15, 0.2) is 5.75 Å². The van der Waals surface area contributed by atoms with Crippen LogP contribution in [-0.2, 0) is 21.2 Å². The first-order valence-corrected chi connectivity index (χ1v) is 18.2. The number of rotatable bonds is 9. The van der Waals surface area contributed by atoms with E-state index in [1.165, 1.54) is 17.4 Å². The molecule has 260 valence electrons. The van der Waals surface area contributed by atoms with Crippen molar-refractivity contribution in [1.82, 2.24) is 4.90 Å². The third-order valence-electron chi connectivity index (χ3n) is 9.47. The minimum absolute atomic E-state index is 0.0160. The van der Waals surface area contributed by atoms with Crippen LogP contribution in [0.4, 0.5) is 33.3 Å². The van der Waals surface area contributed by atoms with Crippen LogP contribution in [0.15, 0.2) is 41.3 Å². The Kier molecular flexibility index (Phi) is 10.1. The van der Waals surface area contributed by atoms with Crippen molar-refractivity contribution >= 4 is 42.8 Å². The lowest BCUT2D eigenvalue weighted by Crippen LogP contribution is -2.62. The van der Waals surface area contributed by atoms with Crippen LogP contribution < -0.4 is 20.5 Å². The van der Waals surface area contributed by atoms with E-state index in [2.05, 4.69) is 32.1 Å². The van der Waals surface area contributed by atoms with Crippen molar-refractivity contribution in [1.29, 1.82) is 0 Å². The molecule has 1 saturated carbocycles. The van der Waals surface area contributed by atoms with Crippen LogP contribution in [0.3, 0.4) is 0 Å². The molecular formula is C33H37F5N4O4S2. The van der Waals surface area contributed by atoms with Gasteiger partial charge in [-0.1, -0.05) is 24.0 Å². The minimum atomic E-state index is -4.46. The standard InChI is InChI=1S/C33H37F5N4O4S2/c34-31(35)46-28-17-23(48(39,43)44)10-11-26(28)40-14-2-5-29-25(18-33(36,37)38)24-3-1-4-27(30(24)47-29)41-21-6-8-22(9-7-21)42-19-32(20-42)12-15-45-16-13-32/h1,3-4,10-11,17,21-22,31,40-41H,6-9,12-16,18-20H2,(H2,39,43,44). The molecule has 4 N–H and O–H groups in total. The van der Waals surface area contributed by atoms with E-state index < -0.39 is 39.9 Å². The Labute approximate surface area is 280 Å². The first-order valence-electron chi connectivity index (χ1n) is 15.8. The Morgan fingerprint density at radius 2 is 1.81 bits per heavy atom. The molecule has 3 fully saturated rings. The number of likely N-dealkylation sites (tertiary alicyclic amines) is 1. The Morgan fingerprint density at radius 3 is 2.48 bits per heavy atom. The third-order valence-corrected chi connectivity index (χ3v) is 11.6. The van der Waals surface area contributed by atoms with Crippen molar-refractivity contribution in [3.63, 3.8) is 0 Å². The van der Waals surface area contributed by atoms with E-state index in [1.54, 1.807) is 12.1 Å². The SMILES string of the molecule is NS(=O)(=O)c1ccc(NCC#Cc2sc3c(NC4CCC(N5CC6(CCOCC6)C5)CC4)cccc3c2CC(F)(F)F)c(OC(F)F)c1. The molecule has 0 amide bonds. The zero-order chi connectivity index (χ0) is 34.1. The van der Waals surface area contributed by atoms with Gasteiger partial charge in [0, 0.05) is 49.9 Å². The van der Waals surface area contributed by atoms with Gasteiger partial charge >= 0.3 is 12.8 Å². The number of primary sulfonamides is 1. The van der Waals surface area contributed by atoms with Crippen molar-refractivity contribution in [2.45, 2.75) is 74.7 Å². The lowest BCUT2D eigenvalue weighted by atomic mass is 9.71. The Hall–Kier alpha value is -3.16. The van der Waals surface area contributed by atoms with Gasteiger partial charge in [0.05, 0.1) is 38.8 Å². The first kappa shape index (κ1) is 34.7. The molecule has 3 aromatic rings. The highest BCUT2D eigenvalue weighted by Gasteiger charge is 2.46. The molecule has 3 heterocycles. The lowest BCUT2D eigenvalue weighted by molar-refractivity contribution is -0.127. The summed E-state index contributed by atoms with van der Waals surface area (Å²) in [5, 5.41) is 12.0. The van der Waals surface area contributed by atoms with Crippen molar-refractivity contribution < 1.29 is 39.8 Å². The topological polar surface area (TPSA) is 106 Å². The maximum Gasteiger partial charge on any atom is 0.393 e. The monoisotopic (exact) mass is 712 g/mol. The fraction of sp³-hybridized carbons (Fsp3) is 0.515. The molecule has 1 aromatic heterocycles. The van der Waals surface area contributed by atoms with E-state index in [0.29, 0.717) is 21.5 Å². The van der Waals surface area contributed by atoms with Crippen molar-refractivity contribution in [3.05, 3.63) is 46.8 Å². The summed E-state index contributed by atoms with van der Waals surface area (Å²) in [7, 11) is -4.18. The minimum Gasteiger partial charge on any atom is -0.433 e. The Balaban J connectivity index is 1.15. The summed E-state index contributed by atoms with van der Waals surface area (Å²) in [6.07, 6.45) is 0.758. The van der Waals surface area contributed by atoms with E-state index in [4.69, 9.17) is 9.88 Å². The zero-order valence-corrected chi connectivity index (χ0v) is 27.7. The van der Waals surface area contributed by atoms with Crippen LogP contribution >= 0.6 is 11.3 Å². The number of nitrogens with zero attached hydrogens (tertiary/aromatic N) is 1. The fourth-order valence-electron chi connectivity index (χ4n) is 7.04. The van der Waals surface area contributed by atoms with Gasteiger partial charge in [-0.3, -0.25) is 4.90 Å². The van der Waals surface area contributed by atoms with Crippen molar-refractivity contribution in [3.8, 4) is 17.6 Å². The molecule has 0 bridgehead atoms. The van der Waals surface area contributed by atoms with Gasteiger partial charge in [-0.15, -0.1) is 11.3 Å². The number of fused-ring (bicyclic) bond motifs is 1. The van der Waals surface area contributed by atoms with E-state index in [-0.39, 0.29) is 28.7 Å². The number of nitrogens with one attached hydrogen (secondary N) is 2. The highest BCUT2D eigenvalue weighted by Crippen LogP contribution is 2.44. The van der Waals surface area contributed by atoms with Crippen molar-refractivity contribution in [2.24, 2.45) is 10.6 Å². The molecule has 0 unspecified atom stereocenters. The summed E-state index contributed by atoms with van der Waals surface area (Å²) < 4.78 is 101. The molecule has 6 rings (SSSR count). The summed E-state index contributed by atoms with van der Waals surface area (Å²) in [6, 6.07) is 9.27. The predicted octanol–water partition coefficient (Wildman–Crippen LogP) is 6.55. The molecule has 3 aliphatic rings. The number of nitrogens with two attached hydrogens (primary N) is 1. The van der Waals surface area contributed by atoms with Crippen LogP contribution in [0.2, 0.25) is 0 Å². The van der Waals surface area contributed by atoms with Crippen LogP contribution in [0.25, 0.3) is 10.1 Å². The maximum absolute atomic E-state index is 13.7. The average Bonchev–Trinajstić information content (AvgIpc) is 3.35. The molecule has 2 aromatic carbocycles. The van der Waals surface area contributed by atoms with E-state index in [0.717, 1.165) is 82.6 Å². The fourth-order valence-corrected chi connectivity index (χ4v) is 8.74. The second-order valence-corrected chi connectivity index (χ2v) is 15.4. The second kappa shape index (κ2) is 14.0. The molecule has 0 atom stereocenters. The number of benzene rings is 2. The maximum atomic E-state index is 13.7. The highest BCUT2D eigenvalue weighted by molar-refractivity contribution is 7.89. The first-order chi connectivity index (χ1) is 22.8. The third kappa shape index (κ3) is 8.16. The van der Waals surface area contributed by atoms with Gasteiger partial charge in [-0.25, -0.2) is 13.6 Å². The number of alkyl halides is 5. The summed E-state index contributed by atoms with van der Waals surface area (Å²) in [4.78, 5) is 2.45. The largest absolute Gasteiger partial charge is 0.433 e. The number of ether oxygens (including phenoxy) is 2. The van der Waals surface area contributed by atoms with Crippen LogP contribution in [0.1, 0.15) is 49.0 Å². The molecular weight excluding hydrogens is 676 g/mol. The van der Waals surface area contributed by atoms with E-state index in [1.807, 2.05) is 6.07 Å². The lowest BCUT2D eigenvalue weighted by Gasteiger charge is -2.56. The summed E-state index contributed by atoms with van der Waals surface area (Å²) in [5.74, 6) is 5.15. The molecule has 1 spiro atoms. The molecule has 48 heavy (non-hydrogen) atoms. The molecule has 1 aliphatic carbocycles. The summed E-state index contributed by atoms with van der Waals surface area (Å²) in [6.45, 7) is 0.614. The van der Waals surface area contributed by atoms with Gasteiger partial charge in [-0.05, 0) is 67.7 Å². The van der Waals surface area contributed by atoms with Crippen molar-refractivity contribution in [2.75, 3.05) is 43.5 Å². The number of halogens is 5. The summed E-state index contributed by atoms with van der Waals surface area (Å²) >= 11 is 1.19. The van der Waals surface area contributed by atoms with Gasteiger partial charge in [0.1, 0.15) is 0 Å². The number of sulfonamides is 1. The Bertz CT molecular complexity index is 1780. The predicted molar refractivity (Wildman–Crippen MR) is 175 cm³/mol. The molecule has 2 aliphatic heterocycles.